The third-order valence-electron chi connectivity index (χ3n) is 3.73. The summed E-state index contributed by atoms with van der Waals surface area (Å²) in [7, 11) is -4.15. The summed E-state index contributed by atoms with van der Waals surface area (Å²) < 4.78 is 28.3. The van der Waals surface area contributed by atoms with E-state index in [1.807, 2.05) is 0 Å². The van der Waals surface area contributed by atoms with Crippen molar-refractivity contribution in [1.82, 2.24) is 14.5 Å². The van der Waals surface area contributed by atoms with Crippen LogP contribution in [0.3, 0.4) is 0 Å². The predicted molar refractivity (Wildman–Crippen MR) is 72.5 cm³/mol. The number of hydrogen-bond donors (Lipinski definition) is 3. The monoisotopic (exact) mass is 328 g/mol. The third kappa shape index (κ3) is 2.04. The minimum atomic E-state index is -4.15. The summed E-state index contributed by atoms with van der Waals surface area (Å²) in [6, 6.07) is 1.62. The van der Waals surface area contributed by atoms with Crippen LogP contribution in [0.15, 0.2) is 18.6 Å². The van der Waals surface area contributed by atoms with Gasteiger partial charge in [0.1, 0.15) is 23.8 Å². The first-order valence-corrected chi connectivity index (χ1v) is 8.02. The molecule has 2 aliphatic heterocycles. The maximum absolute atomic E-state index is 11.5. The van der Waals surface area contributed by atoms with Gasteiger partial charge in [-0.05, 0) is 6.07 Å². The molecule has 22 heavy (non-hydrogen) atoms. The predicted octanol–water partition coefficient (Wildman–Crippen LogP) is -0.212. The molecule has 4 N–H and O–H groups in total. The summed E-state index contributed by atoms with van der Waals surface area (Å²) in [6.07, 6.45) is -0.698. The Kier molecular flexibility index (Phi) is 3.02. The van der Waals surface area contributed by atoms with E-state index in [9.17, 15) is 14.6 Å². The molecule has 2 fully saturated rings. The lowest BCUT2D eigenvalue weighted by atomic mass is 10.1. The minimum absolute atomic E-state index is 0.145. The lowest BCUT2D eigenvalue weighted by molar-refractivity contribution is -0.0664. The second-order valence-electron chi connectivity index (χ2n) is 5.11. The second kappa shape index (κ2) is 4.72. The van der Waals surface area contributed by atoms with Gasteiger partial charge in [-0.3, -0.25) is 13.6 Å². The SMILES string of the molecule is Nc1ccnc2c1ncn2[C@@H]1O[C@@H]2COP(=O)(O)O[C@@H]2C1O. The van der Waals surface area contributed by atoms with Gasteiger partial charge in [-0.1, -0.05) is 0 Å². The molecule has 2 unspecified atom stereocenters. The van der Waals surface area contributed by atoms with Gasteiger partial charge in [0.2, 0.25) is 0 Å². The molecule has 0 radical (unpaired) electrons. The van der Waals surface area contributed by atoms with Crippen LogP contribution in [-0.4, -0.2) is 49.5 Å². The summed E-state index contributed by atoms with van der Waals surface area (Å²) >= 11 is 0. The Labute approximate surface area is 124 Å². The van der Waals surface area contributed by atoms with E-state index < -0.39 is 32.4 Å². The number of aromatic nitrogens is 3. The molecular weight excluding hydrogens is 315 g/mol. The topological polar surface area (TPSA) is 142 Å². The van der Waals surface area contributed by atoms with Crippen LogP contribution in [0.25, 0.3) is 11.2 Å². The molecule has 2 saturated heterocycles. The molecule has 0 aromatic carbocycles. The number of phosphoric ester groups is 1. The van der Waals surface area contributed by atoms with E-state index in [0.717, 1.165) is 0 Å². The fourth-order valence-corrected chi connectivity index (χ4v) is 3.67. The maximum atomic E-state index is 11.5. The molecular formula is C11H13N4O6P. The Morgan fingerprint density at radius 2 is 2.27 bits per heavy atom. The van der Waals surface area contributed by atoms with Crippen LogP contribution in [0.2, 0.25) is 0 Å². The molecule has 10 nitrogen and oxygen atoms in total. The molecule has 0 bridgehead atoms. The minimum Gasteiger partial charge on any atom is -0.397 e. The van der Waals surface area contributed by atoms with Gasteiger partial charge in [0.15, 0.2) is 11.9 Å². The van der Waals surface area contributed by atoms with Crippen molar-refractivity contribution in [2.24, 2.45) is 0 Å². The molecule has 2 aromatic heterocycles. The highest BCUT2D eigenvalue weighted by molar-refractivity contribution is 7.47. The van der Waals surface area contributed by atoms with E-state index in [2.05, 4.69) is 9.97 Å². The van der Waals surface area contributed by atoms with Crippen LogP contribution in [-0.2, 0) is 18.3 Å². The fourth-order valence-electron chi connectivity index (χ4n) is 2.70. The smallest absolute Gasteiger partial charge is 0.397 e. The second-order valence-corrected chi connectivity index (χ2v) is 6.52. The highest BCUT2D eigenvalue weighted by Gasteiger charge is 2.52. The van der Waals surface area contributed by atoms with Gasteiger partial charge in [-0.2, -0.15) is 0 Å². The summed E-state index contributed by atoms with van der Waals surface area (Å²) in [4.78, 5) is 17.7. The molecule has 0 aliphatic carbocycles. The fraction of sp³-hybridized carbons (Fsp3) is 0.455. The van der Waals surface area contributed by atoms with E-state index in [0.29, 0.717) is 16.9 Å². The third-order valence-corrected chi connectivity index (χ3v) is 4.72. The van der Waals surface area contributed by atoms with Gasteiger partial charge >= 0.3 is 7.82 Å². The van der Waals surface area contributed by atoms with Crippen LogP contribution in [0.5, 0.6) is 0 Å². The van der Waals surface area contributed by atoms with Crippen molar-refractivity contribution in [3.63, 3.8) is 0 Å². The molecule has 0 amide bonds. The van der Waals surface area contributed by atoms with Gasteiger partial charge in [-0.15, -0.1) is 0 Å². The van der Waals surface area contributed by atoms with Gasteiger partial charge < -0.3 is 20.5 Å². The van der Waals surface area contributed by atoms with Crippen molar-refractivity contribution in [3.8, 4) is 0 Å². The molecule has 4 heterocycles. The van der Waals surface area contributed by atoms with E-state index in [4.69, 9.17) is 19.5 Å². The highest BCUT2D eigenvalue weighted by atomic mass is 31.2. The molecule has 5 atom stereocenters. The Morgan fingerprint density at radius 3 is 3.09 bits per heavy atom. The number of ether oxygens (including phenoxy) is 1. The average molecular weight is 328 g/mol. The lowest BCUT2D eigenvalue weighted by Crippen LogP contribution is -2.39. The highest BCUT2D eigenvalue weighted by Crippen LogP contribution is 2.52. The van der Waals surface area contributed by atoms with E-state index in [1.165, 1.54) is 17.1 Å². The Morgan fingerprint density at radius 1 is 1.45 bits per heavy atom. The zero-order chi connectivity index (χ0) is 15.5. The number of fused-ring (bicyclic) bond motifs is 2. The van der Waals surface area contributed by atoms with E-state index in [-0.39, 0.29) is 6.61 Å². The van der Waals surface area contributed by atoms with Crippen LogP contribution in [0.4, 0.5) is 5.69 Å². The number of aliphatic hydroxyl groups is 1. The van der Waals surface area contributed by atoms with E-state index >= 15 is 0 Å². The number of nitrogen functional groups attached to an aromatic ring is 1. The van der Waals surface area contributed by atoms with Crippen molar-refractivity contribution in [1.29, 1.82) is 0 Å². The number of rotatable bonds is 1. The average Bonchev–Trinajstić information content (AvgIpc) is 3.01. The number of phosphoric acid groups is 1. The first-order valence-electron chi connectivity index (χ1n) is 6.52. The lowest BCUT2D eigenvalue weighted by Gasteiger charge is -2.27. The van der Waals surface area contributed by atoms with Crippen molar-refractivity contribution in [2.45, 2.75) is 24.5 Å². The van der Waals surface area contributed by atoms with Crippen molar-refractivity contribution in [3.05, 3.63) is 18.6 Å². The standard InChI is InChI=1S/C11H13N4O6P/c12-5-1-2-13-10-7(5)14-4-15(10)11-8(16)9-6(20-11)3-19-22(17,18)21-9/h1-2,4,6,8-9,11,16H,3H2,(H2,12,13)(H,17,18)/t6-,8?,9+,11-/m1/s1. The summed E-state index contributed by atoms with van der Waals surface area (Å²) in [6.45, 7) is -0.145. The number of imidazole rings is 1. The van der Waals surface area contributed by atoms with Gasteiger partial charge in [0.05, 0.1) is 18.6 Å². The van der Waals surface area contributed by atoms with Crippen LogP contribution < -0.4 is 5.73 Å². The van der Waals surface area contributed by atoms with Crippen molar-refractivity contribution < 1.29 is 28.3 Å². The molecule has 4 rings (SSSR count). The Balaban J connectivity index is 1.71. The quantitative estimate of drug-likeness (QED) is 0.606. The number of nitrogens with zero attached hydrogens (tertiary/aromatic N) is 3. The molecule has 0 spiro atoms. The van der Waals surface area contributed by atoms with Crippen LogP contribution in [0, 0.1) is 0 Å². The molecule has 11 heteroatoms. The summed E-state index contributed by atoms with van der Waals surface area (Å²) in [5, 5.41) is 10.4. The number of pyridine rings is 1. The van der Waals surface area contributed by atoms with Crippen LogP contribution in [0.1, 0.15) is 6.23 Å². The van der Waals surface area contributed by atoms with Gasteiger partial charge in [0.25, 0.3) is 0 Å². The van der Waals surface area contributed by atoms with Gasteiger partial charge in [-0.25, -0.2) is 14.5 Å². The number of aliphatic hydroxyl groups excluding tert-OH is 1. The van der Waals surface area contributed by atoms with E-state index in [1.54, 1.807) is 6.07 Å². The first kappa shape index (κ1) is 14.1. The van der Waals surface area contributed by atoms with Crippen molar-refractivity contribution >= 4 is 24.7 Å². The molecule has 2 aliphatic rings. The summed E-state index contributed by atoms with van der Waals surface area (Å²) in [5.41, 5.74) is 7.20. The summed E-state index contributed by atoms with van der Waals surface area (Å²) in [5.74, 6) is 0. The first-order chi connectivity index (χ1) is 10.5. The normalized spacial score (nSPS) is 38.3. The zero-order valence-electron chi connectivity index (χ0n) is 11.1. The molecule has 0 saturated carbocycles. The Hall–Kier alpha value is -1.55. The Bertz CT molecular complexity index is 781. The molecule has 2 aromatic rings. The number of nitrogens with two attached hydrogens (primary N) is 1. The number of hydrogen-bond acceptors (Lipinski definition) is 8. The number of anilines is 1. The van der Waals surface area contributed by atoms with Crippen molar-refractivity contribution in [2.75, 3.05) is 12.3 Å². The van der Waals surface area contributed by atoms with Gasteiger partial charge in [0, 0.05) is 6.20 Å². The van der Waals surface area contributed by atoms with Crippen LogP contribution >= 0.6 is 7.82 Å². The molecule has 118 valence electrons. The zero-order valence-corrected chi connectivity index (χ0v) is 12.0. The maximum Gasteiger partial charge on any atom is 0.472 e. The largest absolute Gasteiger partial charge is 0.472 e.